The Bertz CT molecular complexity index is 919. The molecule has 7 nitrogen and oxygen atoms in total. The number of hydrogen-bond acceptors (Lipinski definition) is 6. The summed E-state index contributed by atoms with van der Waals surface area (Å²) < 4.78 is 4.95. The van der Waals surface area contributed by atoms with Gasteiger partial charge in [-0.1, -0.05) is 44.2 Å². The highest BCUT2D eigenvalue weighted by molar-refractivity contribution is 5.99. The number of benzene rings is 1. The molecule has 0 unspecified atom stereocenters. The average Bonchev–Trinajstić information content (AvgIpc) is 2.81. The van der Waals surface area contributed by atoms with Crippen LogP contribution in [-0.4, -0.2) is 65.5 Å². The van der Waals surface area contributed by atoms with Crippen LogP contribution in [0.4, 0.5) is 5.82 Å². The van der Waals surface area contributed by atoms with Crippen LogP contribution in [0.25, 0.3) is 0 Å². The number of hydrogen-bond donors (Lipinski definition) is 1. The summed E-state index contributed by atoms with van der Waals surface area (Å²) in [5.74, 6) is 0.742. The molecule has 1 aliphatic heterocycles. The fourth-order valence-electron chi connectivity index (χ4n) is 4.19. The minimum absolute atomic E-state index is 0.102. The van der Waals surface area contributed by atoms with Crippen LogP contribution in [0, 0.1) is 5.92 Å². The summed E-state index contributed by atoms with van der Waals surface area (Å²) in [6.45, 7) is 9.13. The first-order chi connectivity index (χ1) is 15.9. The van der Waals surface area contributed by atoms with Gasteiger partial charge in [0.15, 0.2) is 0 Å². The molecule has 1 aliphatic rings. The summed E-state index contributed by atoms with van der Waals surface area (Å²) >= 11 is 0. The number of anilines is 1. The van der Waals surface area contributed by atoms with Gasteiger partial charge in [0, 0.05) is 38.4 Å². The number of pyridine rings is 1. The molecular formula is C26H36N4O3. The van der Waals surface area contributed by atoms with Crippen molar-refractivity contribution >= 4 is 17.7 Å². The highest BCUT2D eigenvalue weighted by Gasteiger charge is 2.37. The zero-order valence-corrected chi connectivity index (χ0v) is 20.2. The van der Waals surface area contributed by atoms with E-state index in [1.54, 1.807) is 12.3 Å². The lowest BCUT2D eigenvalue weighted by atomic mass is 10.0. The maximum absolute atomic E-state index is 13.7. The van der Waals surface area contributed by atoms with Crippen molar-refractivity contribution in [3.63, 3.8) is 0 Å². The van der Waals surface area contributed by atoms with Crippen LogP contribution >= 0.6 is 0 Å². The second-order valence-corrected chi connectivity index (χ2v) is 9.16. The Morgan fingerprint density at radius 1 is 1.15 bits per heavy atom. The highest BCUT2D eigenvalue weighted by Crippen LogP contribution is 2.24. The number of carbonyl (C=O) groups is 2. The number of amides is 1. The van der Waals surface area contributed by atoms with Crippen molar-refractivity contribution < 1.29 is 14.3 Å². The molecule has 0 saturated carbocycles. The van der Waals surface area contributed by atoms with Crippen molar-refractivity contribution in [1.82, 2.24) is 14.8 Å². The number of methoxy groups -OCH3 is 1. The molecule has 1 amide bonds. The van der Waals surface area contributed by atoms with E-state index in [2.05, 4.69) is 48.1 Å². The van der Waals surface area contributed by atoms with Crippen LogP contribution in [0.15, 0.2) is 48.7 Å². The molecule has 3 rings (SSSR count). The highest BCUT2D eigenvalue weighted by atomic mass is 16.5. The third-order valence-corrected chi connectivity index (χ3v) is 6.14. The molecule has 178 valence electrons. The summed E-state index contributed by atoms with van der Waals surface area (Å²) in [6.07, 6.45) is 2.85. The Labute approximate surface area is 197 Å². The molecule has 7 heteroatoms. The van der Waals surface area contributed by atoms with E-state index in [0.717, 1.165) is 19.5 Å². The molecule has 1 N–H and O–H groups in total. The van der Waals surface area contributed by atoms with E-state index in [1.165, 1.54) is 12.7 Å². The van der Waals surface area contributed by atoms with Gasteiger partial charge < -0.3 is 15.0 Å². The minimum atomic E-state index is -0.312. The van der Waals surface area contributed by atoms with Gasteiger partial charge in [-0.3, -0.25) is 14.5 Å². The van der Waals surface area contributed by atoms with Gasteiger partial charge in [-0.2, -0.15) is 0 Å². The van der Waals surface area contributed by atoms with E-state index >= 15 is 0 Å². The van der Waals surface area contributed by atoms with Crippen LogP contribution in [-0.2, 0) is 16.1 Å². The first-order valence-corrected chi connectivity index (χ1v) is 11.7. The first-order valence-electron chi connectivity index (χ1n) is 11.7. The van der Waals surface area contributed by atoms with E-state index in [0.29, 0.717) is 30.4 Å². The van der Waals surface area contributed by atoms with Gasteiger partial charge >= 0.3 is 5.97 Å². The third kappa shape index (κ3) is 6.78. The number of nitrogens with zero attached hydrogens (tertiary/aromatic N) is 3. The molecule has 0 aliphatic carbocycles. The van der Waals surface area contributed by atoms with Crippen LogP contribution in [0.5, 0.6) is 0 Å². The number of esters is 1. The van der Waals surface area contributed by atoms with E-state index in [9.17, 15) is 9.59 Å². The number of rotatable bonds is 9. The predicted molar refractivity (Wildman–Crippen MR) is 130 cm³/mol. The van der Waals surface area contributed by atoms with Crippen LogP contribution in [0.3, 0.4) is 0 Å². The van der Waals surface area contributed by atoms with Crippen molar-refractivity contribution in [2.45, 2.75) is 52.2 Å². The summed E-state index contributed by atoms with van der Waals surface area (Å²) in [5.41, 5.74) is 1.75. The lowest BCUT2D eigenvalue weighted by Crippen LogP contribution is -2.59. The molecule has 1 aromatic carbocycles. The molecule has 2 atom stereocenters. The second-order valence-electron chi connectivity index (χ2n) is 9.16. The van der Waals surface area contributed by atoms with Gasteiger partial charge in [0.2, 0.25) is 0 Å². The van der Waals surface area contributed by atoms with Crippen LogP contribution in [0.1, 0.15) is 49.5 Å². The molecule has 2 heterocycles. The maximum atomic E-state index is 13.7. The largest absolute Gasteiger partial charge is 0.469 e. The van der Waals surface area contributed by atoms with E-state index in [1.807, 2.05) is 29.2 Å². The predicted octanol–water partition coefficient (Wildman–Crippen LogP) is 3.82. The Morgan fingerprint density at radius 3 is 2.61 bits per heavy atom. The molecule has 2 aromatic rings. The van der Waals surface area contributed by atoms with E-state index in [-0.39, 0.29) is 30.4 Å². The van der Waals surface area contributed by atoms with Crippen LogP contribution < -0.4 is 5.32 Å². The van der Waals surface area contributed by atoms with Crippen molar-refractivity contribution in [3.8, 4) is 0 Å². The summed E-state index contributed by atoms with van der Waals surface area (Å²) in [5, 5.41) is 3.32. The van der Waals surface area contributed by atoms with Gasteiger partial charge in [0.05, 0.1) is 25.1 Å². The van der Waals surface area contributed by atoms with Crippen molar-refractivity contribution in [2.24, 2.45) is 5.92 Å². The Morgan fingerprint density at radius 2 is 1.91 bits per heavy atom. The average molecular weight is 453 g/mol. The lowest BCUT2D eigenvalue weighted by molar-refractivity contribution is -0.142. The molecule has 1 saturated heterocycles. The smallest absolute Gasteiger partial charge is 0.307 e. The van der Waals surface area contributed by atoms with E-state index in [4.69, 9.17) is 4.74 Å². The Hall–Kier alpha value is -2.93. The SMILES string of the molecule is COC(=O)C[C@@H]1CN(Cc2ccccc2)[C@@H](C)CN1C(=O)c1cccnc1NCCC(C)C. The Kier molecular flexibility index (Phi) is 8.83. The van der Waals surface area contributed by atoms with Gasteiger partial charge in [-0.15, -0.1) is 0 Å². The number of aromatic nitrogens is 1. The zero-order valence-electron chi connectivity index (χ0n) is 20.2. The standard InChI is InChI=1S/C26H36N4O3/c1-19(2)12-14-28-25-23(11-8-13-27-25)26(32)30-16-20(3)29(17-21-9-6-5-7-10-21)18-22(30)15-24(31)33-4/h5-11,13,19-20,22H,12,14-18H2,1-4H3,(H,27,28)/t20-,22+/m0/s1. The van der Waals surface area contributed by atoms with E-state index < -0.39 is 0 Å². The number of nitrogens with one attached hydrogen (secondary N) is 1. The van der Waals surface area contributed by atoms with Gasteiger partial charge in [0.1, 0.15) is 5.82 Å². The fourth-order valence-corrected chi connectivity index (χ4v) is 4.19. The molecule has 0 radical (unpaired) electrons. The number of ether oxygens (including phenoxy) is 1. The number of piperazine rings is 1. The zero-order chi connectivity index (χ0) is 23.8. The van der Waals surface area contributed by atoms with Gasteiger partial charge in [-0.05, 0) is 37.0 Å². The number of carbonyl (C=O) groups excluding carboxylic acids is 2. The normalized spacial score (nSPS) is 18.9. The van der Waals surface area contributed by atoms with Crippen LogP contribution in [0.2, 0.25) is 0 Å². The third-order valence-electron chi connectivity index (χ3n) is 6.14. The van der Waals surface area contributed by atoms with Crippen molar-refractivity contribution in [2.75, 3.05) is 32.1 Å². The monoisotopic (exact) mass is 452 g/mol. The van der Waals surface area contributed by atoms with Crippen molar-refractivity contribution in [1.29, 1.82) is 0 Å². The molecule has 33 heavy (non-hydrogen) atoms. The summed E-state index contributed by atoms with van der Waals surface area (Å²) in [4.78, 5) is 34.5. The minimum Gasteiger partial charge on any atom is -0.469 e. The molecular weight excluding hydrogens is 416 g/mol. The lowest BCUT2D eigenvalue weighted by Gasteiger charge is -2.45. The quantitative estimate of drug-likeness (QED) is 0.583. The molecule has 1 fully saturated rings. The summed E-state index contributed by atoms with van der Waals surface area (Å²) in [6, 6.07) is 13.7. The molecule has 0 bridgehead atoms. The summed E-state index contributed by atoms with van der Waals surface area (Å²) in [7, 11) is 1.39. The van der Waals surface area contributed by atoms with Crippen molar-refractivity contribution in [3.05, 3.63) is 59.8 Å². The topological polar surface area (TPSA) is 74.8 Å². The fraction of sp³-hybridized carbons (Fsp3) is 0.500. The maximum Gasteiger partial charge on any atom is 0.307 e. The Balaban J connectivity index is 1.80. The second kappa shape index (κ2) is 11.8. The molecule has 0 spiro atoms. The van der Waals surface area contributed by atoms with Gasteiger partial charge in [-0.25, -0.2) is 4.98 Å². The molecule has 1 aromatic heterocycles. The first kappa shape index (κ1) is 24.7. The van der Waals surface area contributed by atoms with Gasteiger partial charge in [0.25, 0.3) is 5.91 Å².